The van der Waals surface area contributed by atoms with E-state index in [1.165, 1.54) is 14.0 Å². The van der Waals surface area contributed by atoms with Gasteiger partial charge in [-0.05, 0) is 38.5 Å². The molecule has 27 heavy (non-hydrogen) atoms. The second-order valence-electron chi connectivity index (χ2n) is 6.96. The van der Waals surface area contributed by atoms with Crippen molar-refractivity contribution in [1.82, 2.24) is 4.57 Å². The lowest BCUT2D eigenvalue weighted by Crippen LogP contribution is -2.25. The maximum atomic E-state index is 13.2. The number of amides is 1. The number of rotatable bonds is 9. The number of methoxy groups -OCH3 is 1. The van der Waals surface area contributed by atoms with Gasteiger partial charge in [-0.25, -0.2) is 0 Å². The van der Waals surface area contributed by atoms with Gasteiger partial charge < -0.3 is 19.4 Å². The normalized spacial score (nSPS) is 11.0. The maximum absolute atomic E-state index is 13.2. The first-order chi connectivity index (χ1) is 12.9. The van der Waals surface area contributed by atoms with E-state index in [1.54, 1.807) is 10.6 Å². The molecule has 0 aliphatic heterocycles. The highest BCUT2D eigenvalue weighted by Crippen LogP contribution is 2.34. The lowest BCUT2D eigenvalue weighted by atomic mass is 10.1. The first-order valence-electron chi connectivity index (χ1n) is 9.57. The van der Waals surface area contributed by atoms with Crippen molar-refractivity contribution in [2.24, 2.45) is 0 Å². The third-order valence-electron chi connectivity index (χ3n) is 4.29. The molecule has 148 valence electrons. The number of carbonyl (C=O) groups is 1. The Morgan fingerprint density at radius 2 is 1.93 bits per heavy atom. The summed E-state index contributed by atoms with van der Waals surface area (Å²) in [5, 5.41) is 3.57. The number of aryl methyl sites for hydroxylation is 1. The number of fused-ring (bicyclic) bond motifs is 1. The fourth-order valence-electron chi connectivity index (χ4n) is 3.14. The maximum Gasteiger partial charge on any atom is 0.297 e. The third kappa shape index (κ3) is 5.02. The van der Waals surface area contributed by atoms with Crippen molar-refractivity contribution in [2.75, 3.05) is 12.4 Å². The molecule has 6 nitrogen and oxygen atoms in total. The summed E-state index contributed by atoms with van der Waals surface area (Å²) in [5.41, 5.74) is 1.18. The Hall–Kier alpha value is -2.50. The number of aromatic nitrogens is 1. The molecule has 6 heteroatoms. The number of anilines is 1. The number of unbranched alkanes of at least 4 members (excludes halogenated alkanes) is 3. The summed E-state index contributed by atoms with van der Waals surface area (Å²) < 4.78 is 13.1. The van der Waals surface area contributed by atoms with Gasteiger partial charge in [-0.15, -0.1) is 0 Å². The van der Waals surface area contributed by atoms with Crippen molar-refractivity contribution in [1.29, 1.82) is 0 Å². The number of pyridine rings is 1. The molecule has 0 saturated heterocycles. The van der Waals surface area contributed by atoms with Crippen molar-refractivity contribution in [2.45, 2.75) is 66.0 Å². The summed E-state index contributed by atoms with van der Waals surface area (Å²) in [6.45, 7) is 7.98. The smallest absolute Gasteiger partial charge is 0.297 e. The van der Waals surface area contributed by atoms with Gasteiger partial charge in [-0.2, -0.15) is 0 Å². The summed E-state index contributed by atoms with van der Waals surface area (Å²) >= 11 is 0. The molecular formula is C21H30N2O4. The molecule has 0 atom stereocenters. The van der Waals surface area contributed by atoms with Crippen LogP contribution in [0.2, 0.25) is 0 Å². The average Bonchev–Trinajstić information content (AvgIpc) is 2.60. The molecule has 1 aromatic carbocycles. The number of carbonyl (C=O) groups excluding carboxylic acids is 1. The molecule has 1 heterocycles. The van der Waals surface area contributed by atoms with E-state index in [9.17, 15) is 9.59 Å². The molecule has 1 N–H and O–H groups in total. The van der Waals surface area contributed by atoms with Gasteiger partial charge in [0.05, 0.1) is 18.7 Å². The molecule has 0 bridgehead atoms. The van der Waals surface area contributed by atoms with Gasteiger partial charge in [0.25, 0.3) is 5.56 Å². The molecule has 0 radical (unpaired) electrons. The van der Waals surface area contributed by atoms with Gasteiger partial charge in [-0.3, -0.25) is 9.59 Å². The molecule has 1 amide bonds. The quantitative estimate of drug-likeness (QED) is 0.663. The largest absolute Gasteiger partial charge is 0.492 e. The van der Waals surface area contributed by atoms with Crippen LogP contribution < -0.4 is 20.3 Å². The minimum atomic E-state index is -0.204. The van der Waals surface area contributed by atoms with Crippen LogP contribution in [0.15, 0.2) is 23.0 Å². The van der Waals surface area contributed by atoms with E-state index >= 15 is 0 Å². The van der Waals surface area contributed by atoms with Crippen LogP contribution >= 0.6 is 0 Å². The van der Waals surface area contributed by atoms with E-state index in [0.29, 0.717) is 18.0 Å². The zero-order valence-corrected chi connectivity index (χ0v) is 16.9. The topological polar surface area (TPSA) is 69.6 Å². The molecule has 0 aliphatic rings. The van der Waals surface area contributed by atoms with Gasteiger partial charge in [0.1, 0.15) is 0 Å². The number of hydrogen-bond donors (Lipinski definition) is 1. The number of hydrogen-bond acceptors (Lipinski definition) is 4. The Morgan fingerprint density at radius 1 is 1.19 bits per heavy atom. The Kier molecular flexibility index (Phi) is 7.28. The van der Waals surface area contributed by atoms with Crippen LogP contribution in [-0.2, 0) is 11.3 Å². The van der Waals surface area contributed by atoms with E-state index in [1.807, 2.05) is 26.0 Å². The molecule has 2 rings (SSSR count). The molecule has 0 fully saturated rings. The fraction of sp³-hybridized carbons (Fsp3) is 0.524. The van der Waals surface area contributed by atoms with Gasteiger partial charge in [0.15, 0.2) is 5.75 Å². The average molecular weight is 374 g/mol. The number of nitrogens with zero attached hydrogens (tertiary/aromatic N) is 1. The summed E-state index contributed by atoms with van der Waals surface area (Å²) in [4.78, 5) is 24.6. The molecule has 0 saturated carbocycles. The van der Waals surface area contributed by atoms with E-state index in [2.05, 4.69) is 12.2 Å². The monoisotopic (exact) mass is 374 g/mol. The zero-order valence-electron chi connectivity index (χ0n) is 16.9. The Morgan fingerprint density at radius 3 is 2.52 bits per heavy atom. The molecule has 0 aliphatic carbocycles. The Bertz CT molecular complexity index is 855. The summed E-state index contributed by atoms with van der Waals surface area (Å²) in [6.07, 6.45) is 4.08. The summed E-state index contributed by atoms with van der Waals surface area (Å²) in [7, 11) is 1.54. The molecule has 1 aromatic heterocycles. The molecule has 2 aromatic rings. The number of benzene rings is 1. The van der Waals surface area contributed by atoms with Crippen molar-refractivity contribution < 1.29 is 14.3 Å². The van der Waals surface area contributed by atoms with Crippen molar-refractivity contribution >= 4 is 22.5 Å². The number of ether oxygens (including phenoxy) is 2. The van der Waals surface area contributed by atoms with Gasteiger partial charge in [-0.1, -0.05) is 26.2 Å². The highest BCUT2D eigenvalue weighted by Gasteiger charge is 2.20. The lowest BCUT2D eigenvalue weighted by Gasteiger charge is -2.19. The van der Waals surface area contributed by atoms with Crippen molar-refractivity contribution in [3.05, 3.63) is 28.6 Å². The molecular weight excluding hydrogens is 344 g/mol. The summed E-state index contributed by atoms with van der Waals surface area (Å²) in [6, 6.07) is 5.48. The van der Waals surface area contributed by atoms with E-state index in [0.717, 1.165) is 36.6 Å². The van der Waals surface area contributed by atoms with E-state index < -0.39 is 0 Å². The van der Waals surface area contributed by atoms with Crippen LogP contribution in [0.5, 0.6) is 11.5 Å². The molecule has 0 spiro atoms. The Balaban J connectivity index is 2.65. The first-order valence-corrected chi connectivity index (χ1v) is 9.57. The van der Waals surface area contributed by atoms with Crippen molar-refractivity contribution in [3.8, 4) is 11.5 Å². The Labute approximate surface area is 160 Å². The van der Waals surface area contributed by atoms with E-state index in [-0.39, 0.29) is 23.3 Å². The SMILES string of the molecule is CCCCCCn1c(=O)c(OC(C)C)c(OC)c2ccc(NC(C)=O)cc21. The predicted molar refractivity (Wildman–Crippen MR) is 109 cm³/mol. The van der Waals surface area contributed by atoms with Gasteiger partial charge in [0, 0.05) is 24.5 Å². The first kappa shape index (κ1) is 20.8. The van der Waals surface area contributed by atoms with E-state index in [4.69, 9.17) is 9.47 Å². The van der Waals surface area contributed by atoms with Crippen LogP contribution in [0.4, 0.5) is 5.69 Å². The van der Waals surface area contributed by atoms with Crippen LogP contribution in [0, 0.1) is 0 Å². The highest BCUT2D eigenvalue weighted by atomic mass is 16.5. The zero-order chi connectivity index (χ0) is 20.0. The minimum Gasteiger partial charge on any atom is -0.492 e. The predicted octanol–water partition coefficient (Wildman–Crippen LogP) is 4.34. The van der Waals surface area contributed by atoms with Crippen molar-refractivity contribution in [3.63, 3.8) is 0 Å². The highest BCUT2D eigenvalue weighted by molar-refractivity contribution is 5.94. The molecule has 0 unspecified atom stereocenters. The van der Waals surface area contributed by atoms with Crippen LogP contribution in [0.3, 0.4) is 0 Å². The van der Waals surface area contributed by atoms with Gasteiger partial charge >= 0.3 is 0 Å². The second-order valence-corrected chi connectivity index (χ2v) is 6.96. The fourth-order valence-corrected chi connectivity index (χ4v) is 3.14. The van der Waals surface area contributed by atoms with Crippen LogP contribution in [0.25, 0.3) is 10.9 Å². The summed E-state index contributed by atoms with van der Waals surface area (Å²) in [5.74, 6) is 0.517. The second kappa shape index (κ2) is 9.44. The third-order valence-corrected chi connectivity index (χ3v) is 4.29. The standard InChI is InChI=1S/C21H30N2O4/c1-6-7-8-9-12-23-18-13-16(22-15(4)24)10-11-17(18)19(26-5)20(21(23)25)27-14(2)3/h10-11,13-14H,6-9,12H2,1-5H3,(H,22,24). The number of nitrogens with one attached hydrogen (secondary N) is 1. The van der Waals surface area contributed by atoms with Gasteiger partial charge in [0.2, 0.25) is 11.7 Å². The lowest BCUT2D eigenvalue weighted by molar-refractivity contribution is -0.114. The van der Waals surface area contributed by atoms with Crippen LogP contribution in [-0.4, -0.2) is 23.7 Å². The van der Waals surface area contributed by atoms with Crippen LogP contribution in [0.1, 0.15) is 53.4 Å². The minimum absolute atomic E-state index is 0.142.